The quantitative estimate of drug-likeness (QED) is 0.781. The molecule has 2 aromatic rings. The van der Waals surface area contributed by atoms with E-state index in [1.807, 2.05) is 67.7 Å². The van der Waals surface area contributed by atoms with Gasteiger partial charge in [0.1, 0.15) is 0 Å². The molecular formula is C17H20N2. The van der Waals surface area contributed by atoms with Crippen LogP contribution in [0.5, 0.6) is 0 Å². The Labute approximate surface area is 115 Å². The Hall–Kier alpha value is -2.48. The van der Waals surface area contributed by atoms with Crippen LogP contribution in [0.4, 0.5) is 11.4 Å². The fraction of sp³-hybridized carbons (Fsp3) is 0.0588. The normalized spacial score (nSPS) is 8.68. The van der Waals surface area contributed by atoms with Crippen molar-refractivity contribution in [2.24, 2.45) is 0 Å². The highest BCUT2D eigenvalue weighted by Crippen LogP contribution is 2.07. The molecule has 2 nitrogen and oxygen atoms in total. The molecule has 2 heteroatoms. The first-order chi connectivity index (χ1) is 9.26. The molecule has 0 aliphatic carbocycles. The first-order valence-electron chi connectivity index (χ1n) is 6.12. The summed E-state index contributed by atoms with van der Waals surface area (Å²) in [5.74, 6) is 0. The predicted molar refractivity (Wildman–Crippen MR) is 85.4 cm³/mol. The van der Waals surface area contributed by atoms with Crippen molar-refractivity contribution in [3.63, 3.8) is 0 Å². The van der Waals surface area contributed by atoms with Crippen LogP contribution in [0.25, 0.3) is 0 Å². The van der Waals surface area contributed by atoms with Crippen molar-refractivity contribution < 1.29 is 0 Å². The van der Waals surface area contributed by atoms with Crippen LogP contribution in [0, 0.1) is 0 Å². The number of hydrogen-bond acceptors (Lipinski definition) is 2. The van der Waals surface area contributed by atoms with E-state index in [0.29, 0.717) is 0 Å². The van der Waals surface area contributed by atoms with E-state index in [9.17, 15) is 0 Å². The molecule has 0 aromatic heterocycles. The lowest BCUT2D eigenvalue weighted by Crippen LogP contribution is -1.93. The molecule has 98 valence electrons. The summed E-state index contributed by atoms with van der Waals surface area (Å²) in [7, 11) is 1.91. The van der Waals surface area contributed by atoms with Crippen LogP contribution in [-0.4, -0.2) is 7.05 Å². The van der Waals surface area contributed by atoms with Gasteiger partial charge in [-0.3, -0.25) is 0 Å². The van der Waals surface area contributed by atoms with Crippen LogP contribution in [0.2, 0.25) is 0 Å². The van der Waals surface area contributed by atoms with Crippen LogP contribution in [-0.2, 0) is 0 Å². The Morgan fingerprint density at radius 1 is 0.895 bits per heavy atom. The Morgan fingerprint density at radius 2 is 1.37 bits per heavy atom. The molecule has 0 atom stereocenters. The molecule has 0 heterocycles. The molecular weight excluding hydrogens is 232 g/mol. The summed E-state index contributed by atoms with van der Waals surface area (Å²) < 4.78 is 0. The fourth-order valence-electron chi connectivity index (χ4n) is 1.36. The monoisotopic (exact) mass is 252 g/mol. The van der Waals surface area contributed by atoms with E-state index in [4.69, 9.17) is 0 Å². The van der Waals surface area contributed by atoms with Crippen LogP contribution < -0.4 is 10.6 Å². The van der Waals surface area contributed by atoms with Gasteiger partial charge in [-0.15, -0.1) is 0 Å². The number of para-hydroxylation sites is 2. The molecule has 0 fully saturated rings. The minimum absolute atomic E-state index is 0.816. The van der Waals surface area contributed by atoms with E-state index in [1.54, 1.807) is 6.08 Å². The molecule has 2 N–H and O–H groups in total. The van der Waals surface area contributed by atoms with E-state index >= 15 is 0 Å². The molecule has 2 rings (SSSR count). The van der Waals surface area contributed by atoms with Crippen molar-refractivity contribution in [1.29, 1.82) is 0 Å². The first-order valence-corrected chi connectivity index (χ1v) is 6.12. The van der Waals surface area contributed by atoms with E-state index in [2.05, 4.69) is 23.8 Å². The third kappa shape index (κ3) is 6.13. The van der Waals surface area contributed by atoms with Gasteiger partial charge in [0, 0.05) is 24.1 Å². The lowest BCUT2D eigenvalue weighted by Gasteiger charge is -2.03. The van der Waals surface area contributed by atoms with Gasteiger partial charge in [-0.05, 0) is 30.3 Å². The van der Waals surface area contributed by atoms with Crippen molar-refractivity contribution in [2.75, 3.05) is 17.7 Å². The zero-order chi connectivity index (χ0) is 13.9. The van der Waals surface area contributed by atoms with Crippen molar-refractivity contribution in [2.45, 2.75) is 0 Å². The number of rotatable bonds is 4. The highest BCUT2D eigenvalue weighted by molar-refractivity contribution is 5.49. The van der Waals surface area contributed by atoms with Crippen molar-refractivity contribution >= 4 is 11.4 Å². The lowest BCUT2D eigenvalue weighted by atomic mass is 10.3. The minimum Gasteiger partial charge on any atom is -0.388 e. The summed E-state index contributed by atoms with van der Waals surface area (Å²) in [4.78, 5) is 0. The smallest absolute Gasteiger partial charge is 0.0384 e. The van der Waals surface area contributed by atoms with Gasteiger partial charge in [0.2, 0.25) is 0 Å². The van der Waals surface area contributed by atoms with Crippen LogP contribution in [0.1, 0.15) is 0 Å². The molecule has 0 saturated heterocycles. The Morgan fingerprint density at radius 3 is 1.74 bits per heavy atom. The molecule has 0 unspecified atom stereocenters. The summed E-state index contributed by atoms with van der Waals surface area (Å²) in [5.41, 5.74) is 3.01. The summed E-state index contributed by atoms with van der Waals surface area (Å²) >= 11 is 0. The third-order valence-electron chi connectivity index (χ3n) is 2.39. The van der Waals surface area contributed by atoms with E-state index < -0.39 is 0 Å². The highest BCUT2D eigenvalue weighted by atomic mass is 14.9. The number of nitrogens with one attached hydrogen (secondary N) is 2. The highest BCUT2D eigenvalue weighted by Gasteiger charge is 1.87. The number of anilines is 2. The lowest BCUT2D eigenvalue weighted by molar-refractivity contribution is 1.50. The summed E-state index contributed by atoms with van der Waals surface area (Å²) in [5, 5.41) is 6.11. The van der Waals surface area contributed by atoms with Gasteiger partial charge >= 0.3 is 0 Å². The molecule has 0 saturated carbocycles. The molecule has 0 aliphatic heterocycles. The SMILES string of the molecule is C=CC(=C)Nc1ccccc1.CNc1ccccc1. The van der Waals surface area contributed by atoms with Crippen LogP contribution in [0.15, 0.2) is 85.6 Å². The van der Waals surface area contributed by atoms with Gasteiger partial charge in [-0.2, -0.15) is 0 Å². The van der Waals surface area contributed by atoms with E-state index in [-0.39, 0.29) is 0 Å². The third-order valence-corrected chi connectivity index (χ3v) is 2.39. The largest absolute Gasteiger partial charge is 0.388 e. The maximum atomic E-state index is 3.74. The second-order valence-electron chi connectivity index (χ2n) is 3.84. The minimum atomic E-state index is 0.816. The standard InChI is InChI=1S/C10H11N.C7H9N/c1-3-9(2)11-10-7-5-4-6-8-10;1-8-7-5-3-2-4-6-7/h3-8,11H,1-2H2;2-6,8H,1H3. The second kappa shape index (κ2) is 8.59. The Bertz CT molecular complexity index is 489. The van der Waals surface area contributed by atoms with Gasteiger partial charge in [-0.1, -0.05) is 49.6 Å². The number of allylic oxidation sites excluding steroid dienone is 1. The molecule has 0 spiro atoms. The summed E-state index contributed by atoms with van der Waals surface area (Å²) in [6.07, 6.45) is 1.69. The van der Waals surface area contributed by atoms with Crippen molar-refractivity contribution in [1.82, 2.24) is 0 Å². The topological polar surface area (TPSA) is 24.1 Å². The van der Waals surface area contributed by atoms with E-state index in [0.717, 1.165) is 17.1 Å². The average Bonchev–Trinajstić information content (AvgIpc) is 2.49. The maximum absolute atomic E-state index is 3.74. The molecule has 2 aromatic carbocycles. The van der Waals surface area contributed by atoms with Crippen molar-refractivity contribution in [3.05, 3.63) is 85.6 Å². The van der Waals surface area contributed by atoms with Crippen LogP contribution in [0.3, 0.4) is 0 Å². The van der Waals surface area contributed by atoms with Gasteiger partial charge in [-0.25, -0.2) is 0 Å². The molecule has 0 aliphatic rings. The number of hydrogen-bond donors (Lipinski definition) is 2. The summed E-state index contributed by atoms with van der Waals surface area (Å²) in [6, 6.07) is 19.9. The predicted octanol–water partition coefficient (Wildman–Crippen LogP) is 4.53. The van der Waals surface area contributed by atoms with Gasteiger partial charge in [0.15, 0.2) is 0 Å². The molecule has 19 heavy (non-hydrogen) atoms. The van der Waals surface area contributed by atoms with Crippen LogP contribution >= 0.6 is 0 Å². The molecule has 0 radical (unpaired) electrons. The maximum Gasteiger partial charge on any atom is 0.0384 e. The molecule has 0 amide bonds. The molecule has 0 bridgehead atoms. The van der Waals surface area contributed by atoms with Gasteiger partial charge in [0.05, 0.1) is 0 Å². The zero-order valence-electron chi connectivity index (χ0n) is 11.3. The Balaban J connectivity index is 0.000000200. The Kier molecular flexibility index (Phi) is 6.59. The van der Waals surface area contributed by atoms with E-state index in [1.165, 1.54) is 0 Å². The first kappa shape index (κ1) is 14.6. The van der Waals surface area contributed by atoms with Crippen molar-refractivity contribution in [3.8, 4) is 0 Å². The fourth-order valence-corrected chi connectivity index (χ4v) is 1.36. The second-order valence-corrected chi connectivity index (χ2v) is 3.84. The van der Waals surface area contributed by atoms with Gasteiger partial charge < -0.3 is 10.6 Å². The summed E-state index contributed by atoms with van der Waals surface area (Å²) in [6.45, 7) is 7.33. The average molecular weight is 252 g/mol. The number of benzene rings is 2. The zero-order valence-corrected chi connectivity index (χ0v) is 11.3. The van der Waals surface area contributed by atoms with Gasteiger partial charge in [0.25, 0.3) is 0 Å².